The minimum Gasteiger partial charge on any atom is -0.416 e. The molecule has 0 unspecified atom stereocenters. The lowest BCUT2D eigenvalue weighted by Crippen LogP contribution is -2.65. The van der Waals surface area contributed by atoms with E-state index in [4.69, 9.17) is 25.6 Å². The number of nitrogens with one attached hydrogen (secondary N) is 2. The molecule has 2 N–H and O–H groups in total. The van der Waals surface area contributed by atoms with Gasteiger partial charge in [-0.1, -0.05) is 52.0 Å². The highest BCUT2D eigenvalue weighted by molar-refractivity contribution is 6.90. The molecule has 0 radical (unpaired) electrons. The number of carbonyl (C=O) groups excluding carboxylic acids is 3. The molecule has 0 spiro atoms. The van der Waals surface area contributed by atoms with E-state index in [1.54, 1.807) is 12.1 Å². The molecule has 2 amide bonds. The van der Waals surface area contributed by atoms with Crippen molar-refractivity contribution >= 4 is 93.6 Å². The molecule has 330 valence electrons. The van der Waals surface area contributed by atoms with Crippen LogP contribution in [0.2, 0.25) is 58.9 Å². The quantitative estimate of drug-likeness (QED) is 0.136. The second-order valence-electron chi connectivity index (χ2n) is 16.4. The molecule has 0 saturated carbocycles. The minimum atomic E-state index is -3.15. The number of aromatic nitrogens is 9. The summed E-state index contributed by atoms with van der Waals surface area (Å²) in [7, 11) is -7.57. The Kier molecular flexibility index (Phi) is 16.4. The van der Waals surface area contributed by atoms with Gasteiger partial charge in [-0.3, -0.25) is 4.79 Å². The number of nitrogens with zero attached hydrogens (tertiary/aromatic N) is 9. The third-order valence-electron chi connectivity index (χ3n) is 7.97. The second-order valence-corrected chi connectivity index (χ2v) is 36.2. The molecule has 0 aliphatic heterocycles. The largest absolute Gasteiger partial charge is 0.520 e. The number of benzene rings is 3. The van der Waals surface area contributed by atoms with Crippen LogP contribution in [0.15, 0.2) is 72.8 Å². The van der Waals surface area contributed by atoms with Gasteiger partial charge in [-0.25, -0.2) is 9.59 Å². The maximum Gasteiger partial charge on any atom is 0.520 e. The summed E-state index contributed by atoms with van der Waals surface area (Å²) in [6.45, 7) is 20.5. The zero-order valence-electron chi connectivity index (χ0n) is 37.0. The van der Waals surface area contributed by atoms with Crippen molar-refractivity contribution in [2.75, 3.05) is 33.7 Å². The molecule has 3 heterocycles. The van der Waals surface area contributed by atoms with Gasteiger partial charge in [0.15, 0.2) is 25.0 Å². The van der Waals surface area contributed by atoms with Crippen molar-refractivity contribution in [1.82, 2.24) is 55.6 Å². The van der Waals surface area contributed by atoms with Crippen LogP contribution in [0.4, 0.5) is 9.59 Å². The SMILES string of the molecule is CC(=O)n1nnc2ccccc21.CO[Si](CNC(=O)n1nnc2ccccc21)(OC)OC.C[Si](C)(C)O[Si](CNC(=O)n1nnc2ccccc21)(O[Si](C)(C)C)O[Si](C)(C)C. The fraction of sp³-hybridized carbons (Fsp3) is 0.417. The summed E-state index contributed by atoms with van der Waals surface area (Å²) in [5, 5.41) is 29.0. The highest BCUT2D eigenvalue weighted by atomic mass is 28.5. The molecule has 3 aromatic heterocycles. The van der Waals surface area contributed by atoms with Crippen molar-refractivity contribution < 1.29 is 40.0 Å². The fourth-order valence-electron chi connectivity index (χ4n) is 5.69. The third-order valence-corrected chi connectivity index (χ3v) is 22.1. The van der Waals surface area contributed by atoms with Gasteiger partial charge in [0.05, 0.1) is 28.9 Å². The normalized spacial score (nSPS) is 12.4. The van der Waals surface area contributed by atoms with E-state index in [1.807, 2.05) is 60.7 Å². The Morgan fingerprint density at radius 1 is 0.492 bits per heavy atom. The summed E-state index contributed by atoms with van der Waals surface area (Å²) < 4.78 is 39.2. The number of hydrogen-bond acceptors (Lipinski definition) is 15. The molecule has 0 bridgehead atoms. The van der Waals surface area contributed by atoms with Crippen LogP contribution in [0, 0.1) is 0 Å². The first-order valence-electron chi connectivity index (χ1n) is 19.3. The smallest absolute Gasteiger partial charge is 0.416 e. The summed E-state index contributed by atoms with van der Waals surface area (Å²) in [4.78, 5) is 36.0. The summed E-state index contributed by atoms with van der Waals surface area (Å²) in [5.41, 5.74) is 4.10. The van der Waals surface area contributed by atoms with Crippen LogP contribution in [0.3, 0.4) is 0 Å². The topological polar surface area (TPSA) is 223 Å². The van der Waals surface area contributed by atoms with E-state index in [0.717, 1.165) is 11.0 Å². The molecule has 61 heavy (non-hydrogen) atoms. The number of hydrogen-bond donors (Lipinski definition) is 2. The first-order valence-corrected chi connectivity index (χ1v) is 33.4. The van der Waals surface area contributed by atoms with Crippen molar-refractivity contribution in [3.63, 3.8) is 0 Å². The van der Waals surface area contributed by atoms with Gasteiger partial charge in [-0.2, -0.15) is 14.0 Å². The van der Waals surface area contributed by atoms with E-state index in [0.29, 0.717) is 22.1 Å². The molecule has 0 aliphatic rings. The minimum absolute atomic E-state index is 0.122. The van der Waals surface area contributed by atoms with Crippen LogP contribution in [0.1, 0.15) is 11.7 Å². The second kappa shape index (κ2) is 20.5. The average Bonchev–Trinajstić information content (AvgIpc) is 3.94. The maximum atomic E-state index is 12.9. The Labute approximate surface area is 360 Å². The van der Waals surface area contributed by atoms with Crippen molar-refractivity contribution in [3.05, 3.63) is 72.8 Å². The van der Waals surface area contributed by atoms with Crippen LogP contribution in [-0.4, -0.2) is 139 Å². The van der Waals surface area contributed by atoms with E-state index in [-0.39, 0.29) is 24.3 Å². The summed E-state index contributed by atoms with van der Waals surface area (Å²) in [5.74, 6) is -0.122. The van der Waals surface area contributed by atoms with E-state index >= 15 is 0 Å². The lowest BCUT2D eigenvalue weighted by molar-refractivity contribution is 0.0924. The Balaban J connectivity index is 0.000000220. The molecule has 0 saturated heterocycles. The zero-order valence-corrected chi connectivity index (χ0v) is 42.0. The number of amides is 2. The molecule has 20 nitrogen and oxygen atoms in total. The van der Waals surface area contributed by atoms with Gasteiger partial charge in [0, 0.05) is 28.3 Å². The standard InChI is InChI=1S/C17H34N4O4Si4.C11H16N4O4Si.C8H7N3O/c1-26(2,3)23-29(24-27(4,5)6,25-28(7,8)9)14-18-17(22)21-16-13-11-10-12-15(16)19-20-21;1-17-20(18-2,19-3)8-12-11(16)15-10-7-5-4-6-9(10)13-14-15;1-6(12)11-8-5-3-2-4-7(8)9-10-11/h10-13H,14H2,1-9H3,(H,18,22);4-7H,8H2,1-3H3,(H,12,16);2-5H,1H3. The summed E-state index contributed by atoms with van der Waals surface area (Å²) in [6, 6.07) is 21.1. The van der Waals surface area contributed by atoms with Gasteiger partial charge in [0.2, 0.25) is 5.91 Å². The summed E-state index contributed by atoms with van der Waals surface area (Å²) >= 11 is 0. The van der Waals surface area contributed by atoms with E-state index in [9.17, 15) is 14.4 Å². The highest BCUT2D eigenvalue weighted by Gasteiger charge is 2.50. The first-order chi connectivity index (χ1) is 28.5. The molecule has 0 aliphatic carbocycles. The van der Waals surface area contributed by atoms with Crippen LogP contribution in [0.25, 0.3) is 33.1 Å². The molecule has 25 heteroatoms. The van der Waals surface area contributed by atoms with Crippen LogP contribution >= 0.6 is 0 Å². The number of rotatable bonds is 13. The average molecular weight is 928 g/mol. The Morgan fingerprint density at radius 3 is 1.10 bits per heavy atom. The van der Waals surface area contributed by atoms with Crippen molar-refractivity contribution in [1.29, 1.82) is 0 Å². The van der Waals surface area contributed by atoms with Crippen LogP contribution < -0.4 is 10.6 Å². The highest BCUT2D eigenvalue weighted by Crippen LogP contribution is 2.25. The van der Waals surface area contributed by atoms with E-state index in [2.05, 4.69) is 100 Å². The molecule has 0 fully saturated rings. The van der Waals surface area contributed by atoms with Crippen molar-refractivity contribution in [2.45, 2.75) is 65.8 Å². The predicted molar refractivity (Wildman–Crippen MR) is 242 cm³/mol. The molecule has 3 aromatic carbocycles. The van der Waals surface area contributed by atoms with Crippen molar-refractivity contribution in [3.8, 4) is 0 Å². The summed E-state index contributed by atoms with van der Waals surface area (Å²) in [6.07, 6.45) is 0.350. The van der Waals surface area contributed by atoms with Crippen LogP contribution in [-0.2, 0) is 25.6 Å². The van der Waals surface area contributed by atoms with E-state index in [1.165, 1.54) is 42.3 Å². The number of carbonyl (C=O) groups is 3. The predicted octanol–water partition coefficient (Wildman–Crippen LogP) is 5.52. The molecule has 0 atom stereocenters. The monoisotopic (exact) mass is 927 g/mol. The van der Waals surface area contributed by atoms with Gasteiger partial charge >= 0.3 is 29.7 Å². The van der Waals surface area contributed by atoms with Gasteiger partial charge in [-0.05, 0) is 95.3 Å². The first kappa shape index (κ1) is 49.0. The van der Waals surface area contributed by atoms with Gasteiger partial charge in [0.25, 0.3) is 0 Å². The Morgan fingerprint density at radius 2 is 0.787 bits per heavy atom. The zero-order chi connectivity index (χ0) is 45.2. The van der Waals surface area contributed by atoms with Gasteiger partial charge < -0.3 is 36.3 Å². The van der Waals surface area contributed by atoms with Gasteiger partial charge in [0.1, 0.15) is 16.6 Å². The molecule has 6 aromatic rings. The Hall–Kier alpha value is -4.69. The molecular weight excluding hydrogens is 871 g/mol. The van der Waals surface area contributed by atoms with Gasteiger partial charge in [-0.15, -0.1) is 15.3 Å². The molecular formula is C36H57N11O9Si5. The lowest BCUT2D eigenvalue weighted by atomic mass is 10.3. The number of para-hydroxylation sites is 3. The lowest BCUT2D eigenvalue weighted by Gasteiger charge is -2.42. The fourth-order valence-corrected chi connectivity index (χ4v) is 21.0. The Bertz CT molecular complexity index is 2360. The van der Waals surface area contributed by atoms with Crippen LogP contribution in [0.5, 0.6) is 0 Å². The molecule has 6 rings (SSSR count). The third kappa shape index (κ3) is 13.9. The number of fused-ring (bicyclic) bond motifs is 3. The van der Waals surface area contributed by atoms with E-state index < -0.39 is 48.6 Å². The van der Waals surface area contributed by atoms with Crippen molar-refractivity contribution in [2.24, 2.45) is 0 Å². The maximum absolute atomic E-state index is 12.9.